The zero-order chi connectivity index (χ0) is 55.0. The van der Waals surface area contributed by atoms with E-state index in [2.05, 4.69) is 81.5 Å². The molecule has 1 unspecified atom stereocenters. The van der Waals surface area contributed by atoms with Crippen LogP contribution in [0.3, 0.4) is 0 Å². The second-order valence-electron chi connectivity index (χ2n) is 22.4. The molecular weight excluding hydrogens is 937 g/mol. The summed E-state index contributed by atoms with van der Waals surface area (Å²) in [5.41, 5.74) is 0. The van der Waals surface area contributed by atoms with Crippen LogP contribution in [0.15, 0.2) is 60.8 Å². The molecule has 0 aromatic carbocycles. The van der Waals surface area contributed by atoms with E-state index in [-0.39, 0.29) is 31.1 Å². The minimum absolute atomic E-state index is 0.0780. The minimum Gasteiger partial charge on any atom is -0.462 e. The fourth-order valence-corrected chi connectivity index (χ4v) is 9.68. The van der Waals surface area contributed by atoms with Gasteiger partial charge in [0.15, 0.2) is 6.10 Å². The molecule has 76 heavy (non-hydrogen) atoms. The molecule has 0 radical (unpaired) electrons. The third-order valence-corrected chi connectivity index (χ3v) is 14.7. The second kappa shape index (κ2) is 64.6. The van der Waals surface area contributed by atoms with Crippen LogP contribution in [0.25, 0.3) is 0 Å². The van der Waals surface area contributed by atoms with Gasteiger partial charge in [-0.25, -0.2) is 0 Å². The molecule has 0 heterocycles. The molecule has 0 rings (SSSR count). The summed E-state index contributed by atoms with van der Waals surface area (Å²) in [5.74, 6) is -0.879. The molecule has 0 aliphatic carbocycles. The number of ether oxygens (including phenoxy) is 3. The highest BCUT2D eigenvalue weighted by atomic mass is 16.6. The van der Waals surface area contributed by atoms with E-state index < -0.39 is 6.10 Å². The fraction of sp³-hybridized carbons (Fsp3) is 0.814. The Balaban J connectivity index is 4.22. The van der Waals surface area contributed by atoms with Crippen molar-refractivity contribution in [2.45, 2.75) is 354 Å². The maximum Gasteiger partial charge on any atom is 0.306 e. The molecule has 0 aliphatic rings. The van der Waals surface area contributed by atoms with E-state index in [0.29, 0.717) is 19.3 Å². The maximum absolute atomic E-state index is 12.9. The first-order valence-electron chi connectivity index (χ1n) is 33.3. The molecule has 0 bridgehead atoms. The van der Waals surface area contributed by atoms with Gasteiger partial charge in [0, 0.05) is 19.3 Å². The first-order valence-corrected chi connectivity index (χ1v) is 33.3. The number of hydrogen-bond acceptors (Lipinski definition) is 6. The number of carbonyl (C=O) groups excluding carboxylic acids is 3. The molecule has 0 saturated heterocycles. The van der Waals surface area contributed by atoms with Crippen molar-refractivity contribution in [2.75, 3.05) is 13.2 Å². The summed E-state index contributed by atoms with van der Waals surface area (Å²) < 4.78 is 16.9. The summed E-state index contributed by atoms with van der Waals surface area (Å²) in [6.07, 6.45) is 82.4. The van der Waals surface area contributed by atoms with Crippen molar-refractivity contribution < 1.29 is 28.6 Å². The third kappa shape index (κ3) is 62.0. The van der Waals surface area contributed by atoms with Crippen LogP contribution in [0.4, 0.5) is 0 Å². The van der Waals surface area contributed by atoms with Crippen LogP contribution in [-0.2, 0) is 28.6 Å². The number of rotatable bonds is 61. The van der Waals surface area contributed by atoms with Crippen molar-refractivity contribution in [3.63, 3.8) is 0 Å². The van der Waals surface area contributed by atoms with Crippen LogP contribution in [0.2, 0.25) is 0 Å². The lowest BCUT2D eigenvalue weighted by atomic mass is 10.0. The molecule has 6 heteroatoms. The van der Waals surface area contributed by atoms with Gasteiger partial charge >= 0.3 is 17.9 Å². The molecule has 0 spiro atoms. The maximum atomic E-state index is 12.9. The lowest BCUT2D eigenvalue weighted by Crippen LogP contribution is -2.30. The Hall–Kier alpha value is -2.89. The zero-order valence-corrected chi connectivity index (χ0v) is 50.8. The molecule has 442 valence electrons. The summed E-state index contributed by atoms with van der Waals surface area (Å²) in [6, 6.07) is 0. The van der Waals surface area contributed by atoms with Crippen LogP contribution in [0, 0.1) is 0 Å². The van der Waals surface area contributed by atoms with E-state index in [4.69, 9.17) is 14.2 Å². The Morgan fingerprint density at radius 1 is 0.263 bits per heavy atom. The summed E-state index contributed by atoms with van der Waals surface area (Å²) in [4.78, 5) is 38.3. The number of carbonyl (C=O) groups is 3. The summed E-state index contributed by atoms with van der Waals surface area (Å²) in [7, 11) is 0. The van der Waals surface area contributed by atoms with Crippen molar-refractivity contribution in [1.82, 2.24) is 0 Å². The summed E-state index contributed by atoms with van der Waals surface area (Å²) >= 11 is 0. The van der Waals surface area contributed by atoms with Gasteiger partial charge in [-0.1, -0.05) is 281 Å². The van der Waals surface area contributed by atoms with E-state index in [0.717, 1.165) is 83.5 Å². The molecule has 0 aromatic rings. The van der Waals surface area contributed by atoms with E-state index in [1.807, 2.05) is 0 Å². The molecule has 0 aliphatic heterocycles. The van der Waals surface area contributed by atoms with Crippen LogP contribution < -0.4 is 0 Å². The average molecular weight is 1060 g/mol. The molecule has 0 N–H and O–H groups in total. The van der Waals surface area contributed by atoms with Gasteiger partial charge in [0.1, 0.15) is 13.2 Å². The predicted molar refractivity (Wildman–Crippen MR) is 330 cm³/mol. The quantitative estimate of drug-likeness (QED) is 0.0261. The van der Waals surface area contributed by atoms with Gasteiger partial charge in [0.05, 0.1) is 0 Å². The Morgan fingerprint density at radius 3 is 0.763 bits per heavy atom. The van der Waals surface area contributed by atoms with Crippen LogP contribution in [0.1, 0.15) is 348 Å². The SMILES string of the molecule is CCCCCC/C=C\CCCCCCCC(=O)OCC(COC(=O)CCCCCCCCCCCCCCCC/C=C\C/C=C\C/C=C\CCCCCCC)OC(=O)CCCCCCC/C=C\CCCCCCCCC. The largest absolute Gasteiger partial charge is 0.462 e. The summed E-state index contributed by atoms with van der Waals surface area (Å²) in [6.45, 7) is 6.64. The molecule has 0 fully saturated rings. The monoisotopic (exact) mass is 1060 g/mol. The molecule has 0 aromatic heterocycles. The smallest absolute Gasteiger partial charge is 0.306 e. The first kappa shape index (κ1) is 73.1. The van der Waals surface area contributed by atoms with Crippen molar-refractivity contribution >= 4 is 17.9 Å². The second-order valence-corrected chi connectivity index (χ2v) is 22.4. The Kier molecular flexibility index (Phi) is 62.2. The highest BCUT2D eigenvalue weighted by Crippen LogP contribution is 2.17. The van der Waals surface area contributed by atoms with Gasteiger partial charge in [-0.15, -0.1) is 0 Å². The first-order chi connectivity index (χ1) is 37.5. The number of unbranched alkanes of at least 4 members (excludes halogenated alkanes) is 40. The third-order valence-electron chi connectivity index (χ3n) is 14.7. The van der Waals surface area contributed by atoms with Gasteiger partial charge in [-0.2, -0.15) is 0 Å². The standard InChI is InChI=1S/C70H126O6/c1-4-7-10-13-16-19-22-25-27-29-30-31-32-33-34-35-36-37-38-39-40-41-43-45-48-51-54-57-60-63-69(72)75-66-67(65-74-68(71)62-59-56-53-50-47-44-24-21-18-15-12-9-6-3)76-70(73)64-61-58-55-52-49-46-42-28-26-23-20-17-14-11-8-5-2/h21-22,24-25,28-30,32-33,42,67H,4-20,23,26-27,31,34-41,43-66H2,1-3H3/b24-21-,25-22-,30-29-,33-32-,42-28-. The number of hydrogen-bond donors (Lipinski definition) is 0. The molecular formula is C70H126O6. The molecule has 1 atom stereocenters. The number of esters is 3. The van der Waals surface area contributed by atoms with Crippen LogP contribution >= 0.6 is 0 Å². The van der Waals surface area contributed by atoms with Crippen molar-refractivity contribution in [2.24, 2.45) is 0 Å². The minimum atomic E-state index is -0.782. The van der Waals surface area contributed by atoms with E-state index in [1.165, 1.54) is 225 Å². The van der Waals surface area contributed by atoms with Crippen molar-refractivity contribution in [1.29, 1.82) is 0 Å². The van der Waals surface area contributed by atoms with Gasteiger partial charge in [-0.05, 0) is 109 Å². The normalized spacial score (nSPS) is 12.4. The highest BCUT2D eigenvalue weighted by Gasteiger charge is 2.19. The van der Waals surface area contributed by atoms with E-state index >= 15 is 0 Å². The van der Waals surface area contributed by atoms with Crippen LogP contribution in [0.5, 0.6) is 0 Å². The highest BCUT2D eigenvalue weighted by molar-refractivity contribution is 5.71. The predicted octanol–water partition coefficient (Wildman–Crippen LogP) is 22.7. The topological polar surface area (TPSA) is 78.9 Å². The van der Waals surface area contributed by atoms with E-state index in [1.54, 1.807) is 0 Å². The average Bonchev–Trinajstić information content (AvgIpc) is 3.42. The molecule has 0 saturated carbocycles. The van der Waals surface area contributed by atoms with Crippen LogP contribution in [-0.4, -0.2) is 37.2 Å². The fourth-order valence-electron chi connectivity index (χ4n) is 9.68. The number of allylic oxidation sites excluding steroid dienone is 10. The lowest BCUT2D eigenvalue weighted by molar-refractivity contribution is -0.167. The van der Waals surface area contributed by atoms with Gasteiger partial charge in [0.2, 0.25) is 0 Å². The van der Waals surface area contributed by atoms with Gasteiger partial charge < -0.3 is 14.2 Å². The Morgan fingerprint density at radius 2 is 0.474 bits per heavy atom. The lowest BCUT2D eigenvalue weighted by Gasteiger charge is -2.18. The zero-order valence-electron chi connectivity index (χ0n) is 50.8. The molecule has 6 nitrogen and oxygen atoms in total. The Labute approximate surface area is 472 Å². The molecule has 0 amide bonds. The Bertz CT molecular complexity index is 1360. The van der Waals surface area contributed by atoms with Gasteiger partial charge in [-0.3, -0.25) is 14.4 Å². The van der Waals surface area contributed by atoms with E-state index in [9.17, 15) is 14.4 Å². The van der Waals surface area contributed by atoms with Crippen molar-refractivity contribution in [3.05, 3.63) is 60.8 Å². The van der Waals surface area contributed by atoms with Gasteiger partial charge in [0.25, 0.3) is 0 Å². The van der Waals surface area contributed by atoms with Crippen molar-refractivity contribution in [3.8, 4) is 0 Å². The summed E-state index contributed by atoms with van der Waals surface area (Å²) in [5, 5.41) is 0.